The summed E-state index contributed by atoms with van der Waals surface area (Å²) in [5.41, 5.74) is 0. The summed E-state index contributed by atoms with van der Waals surface area (Å²) in [4.78, 5) is 0. The van der Waals surface area contributed by atoms with Crippen LogP contribution in [0, 0.1) is 5.92 Å². The van der Waals surface area contributed by atoms with Crippen molar-refractivity contribution >= 4 is 0 Å². The topological polar surface area (TPSA) is 80.9 Å². The molecule has 0 aromatic rings. The Balaban J connectivity index is 3.67. The Labute approximate surface area is 97.9 Å². The van der Waals surface area contributed by atoms with Gasteiger partial charge in [-0.2, -0.15) is 0 Å². The predicted octanol–water partition coefficient (Wildman–Crippen LogP) is 0.668. The second kappa shape index (κ2) is 8.93. The molecule has 0 fully saturated rings. The maximum absolute atomic E-state index is 9.69. The van der Waals surface area contributed by atoms with E-state index >= 15 is 0 Å². The van der Waals surface area contributed by atoms with E-state index in [2.05, 4.69) is 0 Å². The van der Waals surface area contributed by atoms with Gasteiger partial charge >= 0.3 is 0 Å². The van der Waals surface area contributed by atoms with E-state index in [-0.39, 0.29) is 18.6 Å². The molecule has 0 aromatic heterocycles. The molecule has 0 aromatic carbocycles. The van der Waals surface area contributed by atoms with Gasteiger partial charge in [0.2, 0.25) is 0 Å². The summed E-state index contributed by atoms with van der Waals surface area (Å²) in [6, 6.07) is 0. The minimum atomic E-state index is -0.726. The number of hydrogen-bond acceptors (Lipinski definition) is 4. The summed E-state index contributed by atoms with van der Waals surface area (Å²) in [6.45, 7) is 3.78. The number of aliphatic hydroxyl groups excluding tert-OH is 4. The standard InChI is InChI=1S/C12H26O4/c1-9(6-7-13)8-12(16)11(15)5-3-4-10(2)14/h9-16H,3-8H2,1-2H3. The second-order valence-electron chi connectivity index (χ2n) is 4.77. The van der Waals surface area contributed by atoms with Crippen molar-refractivity contribution in [3.63, 3.8) is 0 Å². The summed E-state index contributed by atoms with van der Waals surface area (Å²) in [7, 11) is 0. The minimum Gasteiger partial charge on any atom is -0.396 e. The average molecular weight is 234 g/mol. The van der Waals surface area contributed by atoms with Crippen molar-refractivity contribution in [3.8, 4) is 0 Å². The molecule has 98 valence electrons. The van der Waals surface area contributed by atoms with Gasteiger partial charge in [0.25, 0.3) is 0 Å². The molecule has 4 atom stereocenters. The minimum absolute atomic E-state index is 0.117. The highest BCUT2D eigenvalue weighted by molar-refractivity contribution is 4.70. The molecular formula is C12H26O4. The van der Waals surface area contributed by atoms with Crippen molar-refractivity contribution in [1.82, 2.24) is 0 Å². The molecule has 0 saturated carbocycles. The van der Waals surface area contributed by atoms with Gasteiger partial charge in [0, 0.05) is 6.61 Å². The molecule has 4 unspecified atom stereocenters. The summed E-state index contributed by atoms with van der Waals surface area (Å²) in [5.74, 6) is 0.214. The molecule has 16 heavy (non-hydrogen) atoms. The molecule has 4 heteroatoms. The fourth-order valence-corrected chi connectivity index (χ4v) is 1.72. The Morgan fingerprint density at radius 2 is 1.50 bits per heavy atom. The number of rotatable bonds is 9. The van der Waals surface area contributed by atoms with Gasteiger partial charge < -0.3 is 20.4 Å². The first-order valence-corrected chi connectivity index (χ1v) is 6.12. The maximum Gasteiger partial charge on any atom is 0.0801 e. The summed E-state index contributed by atoms with van der Waals surface area (Å²) >= 11 is 0. The Morgan fingerprint density at radius 3 is 2.00 bits per heavy atom. The molecule has 0 saturated heterocycles. The third-order valence-electron chi connectivity index (χ3n) is 2.83. The molecule has 0 rings (SSSR count). The van der Waals surface area contributed by atoms with Crippen LogP contribution in [-0.4, -0.2) is 45.3 Å². The molecular weight excluding hydrogens is 208 g/mol. The van der Waals surface area contributed by atoms with Gasteiger partial charge in [-0.05, 0) is 44.9 Å². The van der Waals surface area contributed by atoms with Crippen molar-refractivity contribution in [2.75, 3.05) is 6.61 Å². The van der Waals surface area contributed by atoms with Crippen molar-refractivity contribution in [3.05, 3.63) is 0 Å². The first-order valence-electron chi connectivity index (χ1n) is 6.12. The van der Waals surface area contributed by atoms with Gasteiger partial charge in [-0.1, -0.05) is 6.92 Å². The molecule has 0 heterocycles. The van der Waals surface area contributed by atoms with Crippen molar-refractivity contribution in [1.29, 1.82) is 0 Å². The van der Waals surface area contributed by atoms with Crippen LogP contribution in [-0.2, 0) is 0 Å². The van der Waals surface area contributed by atoms with Gasteiger partial charge in [-0.3, -0.25) is 0 Å². The second-order valence-corrected chi connectivity index (χ2v) is 4.77. The lowest BCUT2D eigenvalue weighted by molar-refractivity contribution is -0.00246. The van der Waals surface area contributed by atoms with Crippen LogP contribution < -0.4 is 0 Å². The van der Waals surface area contributed by atoms with Crippen LogP contribution in [0.25, 0.3) is 0 Å². The van der Waals surface area contributed by atoms with Crippen molar-refractivity contribution in [2.45, 2.75) is 64.3 Å². The zero-order valence-electron chi connectivity index (χ0n) is 10.3. The van der Waals surface area contributed by atoms with Gasteiger partial charge in [-0.25, -0.2) is 0 Å². The predicted molar refractivity (Wildman–Crippen MR) is 63.0 cm³/mol. The monoisotopic (exact) mass is 234 g/mol. The van der Waals surface area contributed by atoms with E-state index in [1.807, 2.05) is 6.92 Å². The molecule has 0 spiro atoms. The van der Waals surface area contributed by atoms with Crippen LogP contribution in [0.5, 0.6) is 0 Å². The highest BCUT2D eigenvalue weighted by atomic mass is 16.3. The highest BCUT2D eigenvalue weighted by Crippen LogP contribution is 2.15. The lowest BCUT2D eigenvalue weighted by atomic mass is 9.95. The van der Waals surface area contributed by atoms with Crippen LogP contribution in [0.2, 0.25) is 0 Å². The van der Waals surface area contributed by atoms with Crippen LogP contribution >= 0.6 is 0 Å². The van der Waals surface area contributed by atoms with Gasteiger partial charge in [-0.15, -0.1) is 0 Å². The van der Waals surface area contributed by atoms with Crippen LogP contribution in [0.1, 0.15) is 46.0 Å². The molecule has 0 bridgehead atoms. The van der Waals surface area contributed by atoms with E-state index in [1.54, 1.807) is 6.92 Å². The van der Waals surface area contributed by atoms with Gasteiger partial charge in [0.05, 0.1) is 18.3 Å². The normalized spacial score (nSPS) is 19.1. The fraction of sp³-hybridized carbons (Fsp3) is 1.00. The quantitative estimate of drug-likeness (QED) is 0.472. The number of aliphatic hydroxyl groups is 4. The van der Waals surface area contributed by atoms with Crippen LogP contribution in [0.15, 0.2) is 0 Å². The summed E-state index contributed by atoms with van der Waals surface area (Å²) in [5, 5.41) is 37.1. The molecule has 0 aliphatic carbocycles. The lowest BCUT2D eigenvalue weighted by Gasteiger charge is -2.21. The third-order valence-corrected chi connectivity index (χ3v) is 2.83. The van der Waals surface area contributed by atoms with Crippen molar-refractivity contribution < 1.29 is 20.4 Å². The van der Waals surface area contributed by atoms with Crippen LogP contribution in [0.4, 0.5) is 0 Å². The molecule has 0 radical (unpaired) electrons. The SMILES string of the molecule is CC(O)CCCC(O)C(O)CC(C)CCO. The van der Waals surface area contributed by atoms with E-state index in [1.165, 1.54) is 0 Å². The summed E-state index contributed by atoms with van der Waals surface area (Å²) < 4.78 is 0. The molecule has 4 nitrogen and oxygen atoms in total. The Hall–Kier alpha value is -0.160. The first kappa shape index (κ1) is 15.8. The molecule has 0 amide bonds. The summed E-state index contributed by atoms with van der Waals surface area (Å²) in [6.07, 6.45) is 1.24. The molecule has 0 aliphatic rings. The maximum atomic E-state index is 9.69. The van der Waals surface area contributed by atoms with Gasteiger partial charge in [0.1, 0.15) is 0 Å². The van der Waals surface area contributed by atoms with Crippen molar-refractivity contribution in [2.24, 2.45) is 5.92 Å². The molecule has 0 aliphatic heterocycles. The van der Waals surface area contributed by atoms with E-state index in [4.69, 9.17) is 10.2 Å². The molecule has 4 N–H and O–H groups in total. The highest BCUT2D eigenvalue weighted by Gasteiger charge is 2.18. The van der Waals surface area contributed by atoms with E-state index < -0.39 is 12.2 Å². The average Bonchev–Trinajstić information content (AvgIpc) is 2.17. The Morgan fingerprint density at radius 1 is 0.875 bits per heavy atom. The number of hydrogen-bond donors (Lipinski definition) is 4. The van der Waals surface area contributed by atoms with Crippen LogP contribution in [0.3, 0.4) is 0 Å². The Kier molecular flexibility index (Phi) is 8.84. The lowest BCUT2D eigenvalue weighted by Crippen LogP contribution is -2.28. The third kappa shape index (κ3) is 8.05. The van der Waals surface area contributed by atoms with Gasteiger partial charge in [0.15, 0.2) is 0 Å². The van der Waals surface area contributed by atoms with E-state index in [0.717, 1.165) is 0 Å². The van der Waals surface area contributed by atoms with E-state index in [0.29, 0.717) is 32.1 Å². The zero-order valence-corrected chi connectivity index (χ0v) is 10.3. The first-order chi connectivity index (χ1) is 7.47. The Bertz CT molecular complexity index is 161. The largest absolute Gasteiger partial charge is 0.396 e. The smallest absolute Gasteiger partial charge is 0.0801 e. The fourth-order valence-electron chi connectivity index (χ4n) is 1.72. The van der Waals surface area contributed by atoms with E-state index in [9.17, 15) is 10.2 Å². The zero-order chi connectivity index (χ0) is 12.6.